The van der Waals surface area contributed by atoms with Crippen LogP contribution in [0.15, 0.2) is 6.20 Å². The van der Waals surface area contributed by atoms with Gasteiger partial charge in [0, 0.05) is 25.3 Å². The third kappa shape index (κ3) is 4.98. The molecular formula is C16H29N3. The number of imidazole rings is 1. The Labute approximate surface area is 117 Å². The minimum atomic E-state index is 0.776. The third-order valence-corrected chi connectivity index (χ3v) is 4.02. The molecule has 0 spiro atoms. The second kappa shape index (κ2) is 7.68. The van der Waals surface area contributed by atoms with Crippen molar-refractivity contribution in [3.63, 3.8) is 0 Å². The van der Waals surface area contributed by atoms with Gasteiger partial charge in [0.25, 0.3) is 0 Å². The highest BCUT2D eigenvalue weighted by atomic mass is 15.1. The molecule has 1 heterocycles. The van der Waals surface area contributed by atoms with Crippen LogP contribution >= 0.6 is 0 Å². The Kier molecular flexibility index (Phi) is 5.90. The Hall–Kier alpha value is -0.830. The Morgan fingerprint density at radius 3 is 2.68 bits per heavy atom. The Bertz CT molecular complexity index is 366. The number of nitrogens with zero attached hydrogens (tertiary/aromatic N) is 2. The summed E-state index contributed by atoms with van der Waals surface area (Å²) in [7, 11) is 0. The molecule has 1 aliphatic rings. The molecule has 1 fully saturated rings. The average Bonchev–Trinajstić information content (AvgIpc) is 3.17. The predicted octanol–water partition coefficient (Wildman–Crippen LogP) is 3.80. The number of aromatic nitrogens is 2. The van der Waals surface area contributed by atoms with Crippen molar-refractivity contribution < 1.29 is 0 Å². The molecule has 1 aromatic rings. The highest BCUT2D eigenvalue weighted by Crippen LogP contribution is 2.19. The van der Waals surface area contributed by atoms with Crippen LogP contribution in [0.3, 0.4) is 0 Å². The second-order valence-electron chi connectivity index (χ2n) is 5.87. The van der Waals surface area contributed by atoms with Crippen molar-refractivity contribution in [3.05, 3.63) is 17.7 Å². The van der Waals surface area contributed by atoms with Crippen LogP contribution in [-0.2, 0) is 13.1 Å². The van der Waals surface area contributed by atoms with E-state index in [2.05, 4.69) is 28.7 Å². The van der Waals surface area contributed by atoms with Gasteiger partial charge in [-0.3, -0.25) is 0 Å². The number of unbranched alkanes of at least 4 members (excludes halogenated alkanes) is 5. The molecule has 0 radical (unpaired) electrons. The van der Waals surface area contributed by atoms with Gasteiger partial charge >= 0.3 is 0 Å². The average molecular weight is 263 g/mol. The predicted molar refractivity (Wildman–Crippen MR) is 80.2 cm³/mol. The van der Waals surface area contributed by atoms with E-state index in [0.29, 0.717) is 0 Å². The van der Waals surface area contributed by atoms with Crippen molar-refractivity contribution in [3.8, 4) is 0 Å². The van der Waals surface area contributed by atoms with E-state index in [1.165, 1.54) is 62.9 Å². The second-order valence-corrected chi connectivity index (χ2v) is 5.87. The summed E-state index contributed by atoms with van der Waals surface area (Å²) in [6.07, 6.45) is 12.9. The van der Waals surface area contributed by atoms with Crippen LogP contribution in [0.1, 0.15) is 69.8 Å². The maximum atomic E-state index is 4.47. The largest absolute Gasteiger partial charge is 0.331 e. The van der Waals surface area contributed by atoms with Gasteiger partial charge in [-0.1, -0.05) is 39.0 Å². The monoisotopic (exact) mass is 263 g/mol. The van der Waals surface area contributed by atoms with Crippen LogP contribution in [0.2, 0.25) is 0 Å². The van der Waals surface area contributed by atoms with Crippen LogP contribution in [0.25, 0.3) is 0 Å². The van der Waals surface area contributed by atoms with E-state index in [0.717, 1.165) is 19.1 Å². The molecule has 2 rings (SSSR count). The zero-order chi connectivity index (χ0) is 13.5. The van der Waals surface area contributed by atoms with Crippen LogP contribution in [-0.4, -0.2) is 15.6 Å². The summed E-state index contributed by atoms with van der Waals surface area (Å²) in [6.45, 7) is 6.52. The molecule has 0 amide bonds. The van der Waals surface area contributed by atoms with Gasteiger partial charge in [-0.05, 0) is 26.2 Å². The van der Waals surface area contributed by atoms with E-state index in [1.807, 2.05) is 6.20 Å². The van der Waals surface area contributed by atoms with Crippen molar-refractivity contribution in [2.45, 2.75) is 84.3 Å². The van der Waals surface area contributed by atoms with Gasteiger partial charge in [0.05, 0.1) is 5.69 Å². The maximum Gasteiger partial charge on any atom is 0.105 e. The summed E-state index contributed by atoms with van der Waals surface area (Å²) in [5, 5.41) is 3.58. The fourth-order valence-electron chi connectivity index (χ4n) is 2.55. The van der Waals surface area contributed by atoms with Crippen LogP contribution < -0.4 is 5.32 Å². The lowest BCUT2D eigenvalue weighted by molar-refractivity contribution is 0.531. The highest BCUT2D eigenvalue weighted by molar-refractivity contribution is 5.05. The summed E-state index contributed by atoms with van der Waals surface area (Å²) in [6, 6.07) is 0.776. The molecular weight excluding hydrogens is 234 g/mol. The lowest BCUT2D eigenvalue weighted by Crippen LogP contribution is -2.18. The molecule has 1 saturated carbocycles. The van der Waals surface area contributed by atoms with Gasteiger partial charge in [0.2, 0.25) is 0 Å². The molecule has 3 nitrogen and oxygen atoms in total. The molecule has 0 unspecified atom stereocenters. The zero-order valence-electron chi connectivity index (χ0n) is 12.6. The molecule has 1 aliphatic carbocycles. The summed E-state index contributed by atoms with van der Waals surface area (Å²) in [5.74, 6) is 1.17. The highest BCUT2D eigenvalue weighted by Gasteiger charge is 2.20. The molecule has 108 valence electrons. The van der Waals surface area contributed by atoms with Gasteiger partial charge < -0.3 is 9.88 Å². The van der Waals surface area contributed by atoms with E-state index >= 15 is 0 Å². The maximum absolute atomic E-state index is 4.47. The lowest BCUT2D eigenvalue weighted by Gasteiger charge is -2.11. The van der Waals surface area contributed by atoms with Gasteiger partial charge in [0.1, 0.15) is 5.82 Å². The van der Waals surface area contributed by atoms with Crippen LogP contribution in [0.4, 0.5) is 0 Å². The van der Waals surface area contributed by atoms with Crippen molar-refractivity contribution in [1.29, 1.82) is 0 Å². The SMILES string of the molecule is CCCCCCCCn1c(CNC2CC2)cnc1C. The molecule has 19 heavy (non-hydrogen) atoms. The quantitative estimate of drug-likeness (QED) is 0.651. The number of aryl methyl sites for hydroxylation is 1. The fourth-order valence-corrected chi connectivity index (χ4v) is 2.55. The number of nitrogens with one attached hydrogen (secondary N) is 1. The Balaban J connectivity index is 1.69. The summed E-state index contributed by atoms with van der Waals surface area (Å²) in [4.78, 5) is 4.47. The first-order chi connectivity index (χ1) is 9.31. The number of hydrogen-bond acceptors (Lipinski definition) is 2. The fraction of sp³-hybridized carbons (Fsp3) is 0.812. The number of rotatable bonds is 10. The standard InChI is InChI=1S/C16H29N3/c1-3-4-5-6-7-8-11-19-14(2)17-12-16(19)13-18-15-9-10-15/h12,15,18H,3-11,13H2,1-2H3. The van der Waals surface area contributed by atoms with Gasteiger partial charge in [0.15, 0.2) is 0 Å². The Morgan fingerprint density at radius 2 is 1.95 bits per heavy atom. The molecule has 0 aromatic carbocycles. The molecule has 3 heteroatoms. The third-order valence-electron chi connectivity index (χ3n) is 4.02. The Morgan fingerprint density at radius 1 is 1.21 bits per heavy atom. The first kappa shape index (κ1) is 14.6. The minimum absolute atomic E-state index is 0.776. The normalized spacial score (nSPS) is 15.1. The van der Waals surface area contributed by atoms with Crippen molar-refractivity contribution in [1.82, 2.24) is 14.9 Å². The summed E-state index contributed by atoms with van der Waals surface area (Å²) in [5.41, 5.74) is 1.36. The first-order valence-electron chi connectivity index (χ1n) is 8.05. The van der Waals surface area contributed by atoms with E-state index in [4.69, 9.17) is 0 Å². The van der Waals surface area contributed by atoms with Gasteiger partial charge in [-0.2, -0.15) is 0 Å². The molecule has 0 aliphatic heterocycles. The smallest absolute Gasteiger partial charge is 0.105 e. The molecule has 1 aromatic heterocycles. The van der Waals surface area contributed by atoms with E-state index in [9.17, 15) is 0 Å². The lowest BCUT2D eigenvalue weighted by atomic mass is 10.1. The zero-order valence-corrected chi connectivity index (χ0v) is 12.6. The number of hydrogen-bond donors (Lipinski definition) is 1. The van der Waals surface area contributed by atoms with E-state index in [1.54, 1.807) is 0 Å². The topological polar surface area (TPSA) is 29.9 Å². The van der Waals surface area contributed by atoms with Crippen LogP contribution in [0, 0.1) is 6.92 Å². The molecule has 1 N–H and O–H groups in total. The van der Waals surface area contributed by atoms with Gasteiger partial charge in [-0.25, -0.2) is 4.98 Å². The molecule has 0 saturated heterocycles. The summed E-state index contributed by atoms with van der Waals surface area (Å²) < 4.78 is 2.40. The summed E-state index contributed by atoms with van der Waals surface area (Å²) >= 11 is 0. The van der Waals surface area contributed by atoms with Crippen molar-refractivity contribution >= 4 is 0 Å². The van der Waals surface area contributed by atoms with E-state index in [-0.39, 0.29) is 0 Å². The molecule has 0 atom stereocenters. The van der Waals surface area contributed by atoms with Gasteiger partial charge in [-0.15, -0.1) is 0 Å². The first-order valence-corrected chi connectivity index (χ1v) is 8.05. The molecule has 0 bridgehead atoms. The minimum Gasteiger partial charge on any atom is -0.331 e. The van der Waals surface area contributed by atoms with Crippen LogP contribution in [0.5, 0.6) is 0 Å². The van der Waals surface area contributed by atoms with Crippen molar-refractivity contribution in [2.24, 2.45) is 0 Å². The van der Waals surface area contributed by atoms with Crippen molar-refractivity contribution in [2.75, 3.05) is 0 Å². The van der Waals surface area contributed by atoms with E-state index < -0.39 is 0 Å².